The fourth-order valence-corrected chi connectivity index (χ4v) is 4.62. The van der Waals surface area contributed by atoms with Crippen LogP contribution in [0.1, 0.15) is 49.1 Å². The van der Waals surface area contributed by atoms with Gasteiger partial charge in [0.05, 0.1) is 19.8 Å². The monoisotopic (exact) mass is 443 g/mol. The predicted octanol–water partition coefficient (Wildman–Crippen LogP) is 4.36. The fraction of sp³-hybridized carbons (Fsp3) is 0.259. The number of fused-ring (bicyclic) bond motifs is 2. The van der Waals surface area contributed by atoms with E-state index in [1.54, 1.807) is 26.4 Å². The number of hydrogen-bond acceptors (Lipinski definition) is 5. The van der Waals surface area contributed by atoms with Crippen LogP contribution in [0.15, 0.2) is 60.7 Å². The number of carbonyl (C=O) groups is 2. The Labute approximate surface area is 192 Å². The van der Waals surface area contributed by atoms with Crippen molar-refractivity contribution < 1.29 is 23.8 Å². The quantitative estimate of drug-likeness (QED) is 0.561. The van der Waals surface area contributed by atoms with Crippen molar-refractivity contribution in [3.8, 4) is 11.5 Å². The van der Waals surface area contributed by atoms with Gasteiger partial charge in [-0.2, -0.15) is 0 Å². The maximum Gasteiger partial charge on any atom is 0.339 e. The van der Waals surface area contributed by atoms with Crippen LogP contribution in [0.25, 0.3) is 0 Å². The summed E-state index contributed by atoms with van der Waals surface area (Å²) in [6.45, 7) is 1.12. The minimum absolute atomic E-state index is 0.0477. The molecular formula is C27H25NO5. The SMILES string of the molecule is COc1cc2c(cc1OC)CN(C(=O)c1ccc3c(c1)CC(c1ccccc1)OC3=O)CC2. The van der Waals surface area contributed by atoms with Gasteiger partial charge in [0, 0.05) is 25.1 Å². The first-order valence-electron chi connectivity index (χ1n) is 11.0. The van der Waals surface area contributed by atoms with Crippen LogP contribution in [-0.2, 0) is 24.1 Å². The van der Waals surface area contributed by atoms with Crippen molar-refractivity contribution in [2.75, 3.05) is 20.8 Å². The summed E-state index contributed by atoms with van der Waals surface area (Å²) in [4.78, 5) is 27.8. The van der Waals surface area contributed by atoms with Gasteiger partial charge in [0.1, 0.15) is 6.10 Å². The smallest absolute Gasteiger partial charge is 0.339 e. The lowest BCUT2D eigenvalue weighted by Crippen LogP contribution is -2.36. The van der Waals surface area contributed by atoms with Crippen LogP contribution >= 0.6 is 0 Å². The average molecular weight is 443 g/mol. The van der Waals surface area contributed by atoms with Gasteiger partial charge in [0.15, 0.2) is 11.5 Å². The minimum atomic E-state index is -0.350. The normalized spacial score (nSPS) is 17.0. The van der Waals surface area contributed by atoms with Gasteiger partial charge in [-0.15, -0.1) is 0 Å². The van der Waals surface area contributed by atoms with E-state index < -0.39 is 0 Å². The average Bonchev–Trinajstić information content (AvgIpc) is 2.87. The van der Waals surface area contributed by atoms with Gasteiger partial charge in [-0.05, 0) is 59.0 Å². The summed E-state index contributed by atoms with van der Waals surface area (Å²) < 4.78 is 16.5. The van der Waals surface area contributed by atoms with Crippen LogP contribution in [0.4, 0.5) is 0 Å². The third-order valence-electron chi connectivity index (χ3n) is 6.40. The molecule has 2 aliphatic rings. The summed E-state index contributed by atoms with van der Waals surface area (Å²) >= 11 is 0. The van der Waals surface area contributed by atoms with Gasteiger partial charge in [-0.25, -0.2) is 4.79 Å². The highest BCUT2D eigenvalue weighted by molar-refractivity contribution is 5.98. The molecule has 33 heavy (non-hydrogen) atoms. The van der Waals surface area contributed by atoms with Crippen molar-refractivity contribution in [2.24, 2.45) is 0 Å². The molecule has 5 rings (SSSR count). The molecule has 168 valence electrons. The van der Waals surface area contributed by atoms with Crippen molar-refractivity contribution in [3.63, 3.8) is 0 Å². The predicted molar refractivity (Wildman–Crippen MR) is 123 cm³/mol. The summed E-state index contributed by atoms with van der Waals surface area (Å²) in [6.07, 6.45) is 0.946. The second-order valence-corrected chi connectivity index (χ2v) is 8.33. The molecule has 0 aliphatic carbocycles. The molecule has 3 aromatic carbocycles. The highest BCUT2D eigenvalue weighted by Crippen LogP contribution is 2.34. The number of benzene rings is 3. The van der Waals surface area contributed by atoms with E-state index in [0.29, 0.717) is 42.1 Å². The minimum Gasteiger partial charge on any atom is -0.493 e. The number of cyclic esters (lactones) is 1. The number of esters is 1. The Morgan fingerprint density at radius 3 is 2.39 bits per heavy atom. The third-order valence-corrected chi connectivity index (χ3v) is 6.40. The molecule has 6 nitrogen and oxygen atoms in total. The van der Waals surface area contributed by atoms with Gasteiger partial charge in [-0.3, -0.25) is 4.79 Å². The Kier molecular flexibility index (Phi) is 5.50. The van der Waals surface area contributed by atoms with E-state index in [9.17, 15) is 9.59 Å². The molecular weight excluding hydrogens is 418 g/mol. The molecule has 0 aromatic heterocycles. The molecule has 1 amide bonds. The van der Waals surface area contributed by atoms with E-state index >= 15 is 0 Å². The van der Waals surface area contributed by atoms with Crippen molar-refractivity contribution >= 4 is 11.9 Å². The van der Waals surface area contributed by atoms with Crippen LogP contribution in [-0.4, -0.2) is 37.5 Å². The van der Waals surface area contributed by atoms with Gasteiger partial charge >= 0.3 is 5.97 Å². The van der Waals surface area contributed by atoms with Crippen LogP contribution in [0.3, 0.4) is 0 Å². The molecule has 2 heterocycles. The third kappa shape index (κ3) is 3.93. The topological polar surface area (TPSA) is 65.1 Å². The molecule has 0 radical (unpaired) electrons. The van der Waals surface area contributed by atoms with E-state index in [2.05, 4.69) is 0 Å². The highest BCUT2D eigenvalue weighted by atomic mass is 16.5. The number of carbonyl (C=O) groups excluding carboxylic acids is 2. The summed E-state index contributed by atoms with van der Waals surface area (Å²) in [5.74, 6) is 0.959. The van der Waals surface area contributed by atoms with Crippen LogP contribution in [0.5, 0.6) is 11.5 Å². The Morgan fingerprint density at radius 2 is 1.67 bits per heavy atom. The first kappa shape index (κ1) is 21.1. The molecule has 1 atom stereocenters. The maximum absolute atomic E-state index is 13.4. The molecule has 0 bridgehead atoms. The zero-order chi connectivity index (χ0) is 22.9. The zero-order valence-corrected chi connectivity index (χ0v) is 18.7. The van der Waals surface area contributed by atoms with E-state index in [-0.39, 0.29) is 18.0 Å². The summed E-state index contributed by atoms with van der Waals surface area (Å²) in [7, 11) is 3.23. The number of rotatable bonds is 4. The number of hydrogen-bond donors (Lipinski definition) is 0. The fourth-order valence-electron chi connectivity index (χ4n) is 4.62. The molecule has 0 spiro atoms. The molecule has 1 unspecified atom stereocenters. The second kappa shape index (κ2) is 8.62. The standard InChI is InChI=1S/C27H25NO5/c1-31-24-13-18-10-11-28(16-21(18)15-25(24)32-2)26(29)19-8-9-22-20(12-19)14-23(33-27(22)30)17-6-4-3-5-7-17/h3-9,12-13,15,23H,10-11,14,16H2,1-2H3. The zero-order valence-electron chi connectivity index (χ0n) is 18.7. The summed E-state index contributed by atoms with van der Waals surface area (Å²) in [6, 6.07) is 18.9. The highest BCUT2D eigenvalue weighted by Gasteiger charge is 2.29. The Bertz CT molecular complexity index is 1220. The van der Waals surface area contributed by atoms with E-state index in [1.165, 1.54) is 0 Å². The number of methoxy groups -OCH3 is 2. The van der Waals surface area contributed by atoms with Gasteiger partial charge < -0.3 is 19.1 Å². The molecule has 2 aliphatic heterocycles. The Balaban J connectivity index is 1.39. The van der Waals surface area contributed by atoms with E-state index in [4.69, 9.17) is 14.2 Å². The lowest BCUT2D eigenvalue weighted by Gasteiger charge is -2.30. The number of nitrogens with zero attached hydrogens (tertiary/aromatic N) is 1. The van der Waals surface area contributed by atoms with Crippen molar-refractivity contribution in [2.45, 2.75) is 25.5 Å². The molecule has 0 fully saturated rings. The number of ether oxygens (including phenoxy) is 3. The molecule has 0 saturated heterocycles. The molecule has 0 saturated carbocycles. The Morgan fingerprint density at radius 1 is 0.939 bits per heavy atom. The van der Waals surface area contributed by atoms with E-state index in [1.807, 2.05) is 53.4 Å². The number of amides is 1. The summed E-state index contributed by atoms with van der Waals surface area (Å²) in [5.41, 5.74) is 5.12. The lowest BCUT2D eigenvalue weighted by atomic mass is 9.92. The second-order valence-electron chi connectivity index (χ2n) is 8.33. The largest absolute Gasteiger partial charge is 0.493 e. The van der Waals surface area contributed by atoms with Gasteiger partial charge in [0.2, 0.25) is 0 Å². The van der Waals surface area contributed by atoms with Crippen LogP contribution < -0.4 is 9.47 Å². The van der Waals surface area contributed by atoms with Crippen molar-refractivity contribution in [1.29, 1.82) is 0 Å². The van der Waals surface area contributed by atoms with Crippen LogP contribution in [0, 0.1) is 0 Å². The van der Waals surface area contributed by atoms with Gasteiger partial charge in [0.25, 0.3) is 5.91 Å². The van der Waals surface area contributed by atoms with E-state index in [0.717, 1.165) is 28.7 Å². The molecule has 6 heteroatoms. The summed E-state index contributed by atoms with van der Waals surface area (Å²) in [5, 5.41) is 0. The Hall–Kier alpha value is -3.80. The van der Waals surface area contributed by atoms with Crippen molar-refractivity contribution in [3.05, 3.63) is 94.0 Å². The first-order valence-corrected chi connectivity index (χ1v) is 11.0. The molecule has 3 aromatic rings. The maximum atomic E-state index is 13.4. The molecule has 0 N–H and O–H groups in total. The van der Waals surface area contributed by atoms with Crippen LogP contribution in [0.2, 0.25) is 0 Å². The van der Waals surface area contributed by atoms with Gasteiger partial charge in [-0.1, -0.05) is 30.3 Å². The first-order chi connectivity index (χ1) is 16.1. The lowest BCUT2D eigenvalue weighted by molar-refractivity contribution is 0.0252. The van der Waals surface area contributed by atoms with Crippen molar-refractivity contribution in [1.82, 2.24) is 4.90 Å².